The largest absolute Gasteiger partial charge is 0.453 e. The molecule has 0 saturated carbocycles. The Kier molecular flexibility index (Phi) is 6.52. The van der Waals surface area contributed by atoms with Crippen LogP contribution >= 0.6 is 0 Å². The smallest absolute Gasteiger partial charge is 0.289 e. The van der Waals surface area contributed by atoms with E-state index in [1.165, 1.54) is 19.2 Å². The molecule has 0 bridgehead atoms. The van der Waals surface area contributed by atoms with E-state index < -0.39 is 0 Å². The van der Waals surface area contributed by atoms with Gasteiger partial charge in [-0.3, -0.25) is 4.79 Å². The van der Waals surface area contributed by atoms with E-state index >= 15 is 0 Å². The lowest BCUT2D eigenvalue weighted by Crippen LogP contribution is -2.25. The summed E-state index contributed by atoms with van der Waals surface area (Å²) < 4.78 is 29.1. The minimum Gasteiger partial charge on any atom is -0.453 e. The molecule has 0 saturated heterocycles. The van der Waals surface area contributed by atoms with Gasteiger partial charge in [-0.05, 0) is 30.2 Å². The average molecular weight is 335 g/mol. The van der Waals surface area contributed by atoms with Gasteiger partial charge in [-0.25, -0.2) is 4.39 Å². The molecule has 1 atom stereocenters. The Morgan fingerprint density at radius 2 is 2.00 bits per heavy atom. The first kappa shape index (κ1) is 18.2. The van der Waals surface area contributed by atoms with Gasteiger partial charge in [0.25, 0.3) is 5.91 Å². The summed E-state index contributed by atoms with van der Waals surface area (Å²) in [4.78, 5) is 12.3. The molecule has 1 unspecified atom stereocenters. The van der Waals surface area contributed by atoms with E-state index in [9.17, 15) is 9.18 Å². The Morgan fingerprint density at radius 1 is 1.29 bits per heavy atom. The molecule has 1 amide bonds. The second-order valence-corrected chi connectivity index (χ2v) is 5.38. The maximum absolute atomic E-state index is 13.1. The van der Waals surface area contributed by atoms with Gasteiger partial charge in [0.1, 0.15) is 24.4 Å². The van der Waals surface area contributed by atoms with Gasteiger partial charge in [0, 0.05) is 26.2 Å². The summed E-state index contributed by atoms with van der Waals surface area (Å²) in [6.07, 6.45) is 0.958. The number of rotatable bonds is 8. The number of methoxy groups -OCH3 is 2. The van der Waals surface area contributed by atoms with Crippen molar-refractivity contribution in [3.8, 4) is 0 Å². The lowest BCUT2D eigenvalue weighted by atomic mass is 10.0. The van der Waals surface area contributed by atoms with Crippen molar-refractivity contribution in [3.63, 3.8) is 0 Å². The van der Waals surface area contributed by atoms with E-state index in [2.05, 4.69) is 5.32 Å². The molecule has 1 aromatic carbocycles. The highest BCUT2D eigenvalue weighted by Gasteiger charge is 2.22. The molecule has 0 aliphatic rings. The van der Waals surface area contributed by atoms with Crippen molar-refractivity contribution in [2.45, 2.75) is 25.9 Å². The highest BCUT2D eigenvalue weighted by Crippen LogP contribution is 2.27. The molecule has 1 heterocycles. The van der Waals surface area contributed by atoms with Crippen molar-refractivity contribution in [3.05, 3.63) is 58.8 Å². The lowest BCUT2D eigenvalue weighted by Gasteiger charge is -2.08. The third-order valence-electron chi connectivity index (χ3n) is 3.69. The van der Waals surface area contributed by atoms with Crippen LogP contribution in [0.15, 0.2) is 34.7 Å². The van der Waals surface area contributed by atoms with Crippen molar-refractivity contribution < 1.29 is 23.1 Å². The summed E-state index contributed by atoms with van der Waals surface area (Å²) in [5, 5.41) is 2.62. The SMILES string of the molecule is CCC(OC)c1cc(Cc2ccc(F)cc2)c(C(=O)NCOC)o1. The van der Waals surface area contributed by atoms with Crippen LogP contribution < -0.4 is 5.32 Å². The topological polar surface area (TPSA) is 60.7 Å². The molecule has 0 aliphatic carbocycles. The van der Waals surface area contributed by atoms with E-state index in [-0.39, 0.29) is 30.3 Å². The summed E-state index contributed by atoms with van der Waals surface area (Å²) in [6.45, 7) is 2.06. The van der Waals surface area contributed by atoms with Gasteiger partial charge in [-0.15, -0.1) is 0 Å². The van der Waals surface area contributed by atoms with E-state index in [4.69, 9.17) is 13.9 Å². The van der Waals surface area contributed by atoms with Crippen LogP contribution in [0.1, 0.15) is 46.9 Å². The van der Waals surface area contributed by atoms with E-state index in [0.717, 1.165) is 17.5 Å². The van der Waals surface area contributed by atoms with Crippen LogP contribution in [0.2, 0.25) is 0 Å². The predicted molar refractivity (Wildman–Crippen MR) is 87.3 cm³/mol. The van der Waals surface area contributed by atoms with Crippen LogP contribution in [-0.4, -0.2) is 26.9 Å². The summed E-state index contributed by atoms with van der Waals surface area (Å²) in [7, 11) is 3.09. The quantitative estimate of drug-likeness (QED) is 0.751. The first-order valence-corrected chi connectivity index (χ1v) is 7.76. The second kappa shape index (κ2) is 8.61. The summed E-state index contributed by atoms with van der Waals surface area (Å²) in [5.41, 5.74) is 1.61. The average Bonchev–Trinajstić information content (AvgIpc) is 2.99. The summed E-state index contributed by atoms with van der Waals surface area (Å²) in [6, 6.07) is 7.98. The zero-order valence-electron chi connectivity index (χ0n) is 14.1. The fraction of sp³-hybridized carbons (Fsp3) is 0.389. The third-order valence-corrected chi connectivity index (χ3v) is 3.69. The first-order valence-electron chi connectivity index (χ1n) is 7.76. The molecule has 2 aromatic rings. The summed E-state index contributed by atoms with van der Waals surface area (Å²) >= 11 is 0. The van der Waals surface area contributed by atoms with Crippen LogP contribution in [0, 0.1) is 5.82 Å². The van der Waals surface area contributed by atoms with Gasteiger partial charge in [0.15, 0.2) is 5.76 Å². The van der Waals surface area contributed by atoms with Crippen molar-refractivity contribution in [2.24, 2.45) is 0 Å². The number of ether oxygens (including phenoxy) is 2. The molecule has 6 heteroatoms. The Morgan fingerprint density at radius 3 is 2.58 bits per heavy atom. The first-order chi connectivity index (χ1) is 11.6. The Hall–Kier alpha value is -2.18. The molecule has 0 spiro atoms. The summed E-state index contributed by atoms with van der Waals surface area (Å²) in [5.74, 6) is 0.169. The number of amides is 1. The van der Waals surface area contributed by atoms with Crippen LogP contribution in [0.5, 0.6) is 0 Å². The normalized spacial score (nSPS) is 12.2. The predicted octanol–water partition coefficient (Wildman–Crippen LogP) is 3.44. The number of carbonyl (C=O) groups excluding carboxylic acids is 1. The lowest BCUT2D eigenvalue weighted by molar-refractivity contribution is 0.0742. The van der Waals surface area contributed by atoms with Crippen molar-refractivity contribution in [1.29, 1.82) is 0 Å². The number of furan rings is 1. The minimum atomic E-state index is -0.355. The molecule has 5 nitrogen and oxygen atoms in total. The molecular formula is C18H22FNO4. The molecule has 0 fully saturated rings. The highest BCUT2D eigenvalue weighted by atomic mass is 19.1. The maximum Gasteiger partial charge on any atom is 0.289 e. The molecule has 24 heavy (non-hydrogen) atoms. The van der Waals surface area contributed by atoms with Crippen LogP contribution in [-0.2, 0) is 15.9 Å². The van der Waals surface area contributed by atoms with Gasteiger partial charge in [0.2, 0.25) is 0 Å². The van der Waals surface area contributed by atoms with Crippen molar-refractivity contribution >= 4 is 5.91 Å². The molecule has 130 valence electrons. The zero-order valence-corrected chi connectivity index (χ0v) is 14.1. The molecule has 1 N–H and O–H groups in total. The fourth-order valence-corrected chi connectivity index (χ4v) is 2.46. The van der Waals surface area contributed by atoms with Crippen LogP contribution in [0.4, 0.5) is 4.39 Å². The number of hydrogen-bond acceptors (Lipinski definition) is 4. The van der Waals surface area contributed by atoms with E-state index in [1.807, 2.05) is 13.0 Å². The van der Waals surface area contributed by atoms with Crippen molar-refractivity contribution in [1.82, 2.24) is 5.32 Å². The Balaban J connectivity index is 2.31. The van der Waals surface area contributed by atoms with Crippen LogP contribution in [0.3, 0.4) is 0 Å². The van der Waals surface area contributed by atoms with Crippen molar-refractivity contribution in [2.75, 3.05) is 21.0 Å². The third kappa shape index (κ3) is 4.43. The Labute approximate surface area is 140 Å². The molecule has 1 aromatic heterocycles. The van der Waals surface area contributed by atoms with E-state index in [1.54, 1.807) is 19.2 Å². The van der Waals surface area contributed by atoms with Gasteiger partial charge >= 0.3 is 0 Å². The van der Waals surface area contributed by atoms with Gasteiger partial charge in [0.05, 0.1) is 0 Å². The molecule has 0 aliphatic heterocycles. The number of hydrogen-bond donors (Lipinski definition) is 1. The fourth-order valence-electron chi connectivity index (χ4n) is 2.46. The number of carbonyl (C=O) groups is 1. The molecule has 0 radical (unpaired) electrons. The van der Waals surface area contributed by atoms with Gasteiger partial charge in [-0.2, -0.15) is 0 Å². The second-order valence-electron chi connectivity index (χ2n) is 5.38. The molecular weight excluding hydrogens is 313 g/mol. The van der Waals surface area contributed by atoms with Crippen LogP contribution in [0.25, 0.3) is 0 Å². The van der Waals surface area contributed by atoms with Gasteiger partial charge < -0.3 is 19.2 Å². The zero-order chi connectivity index (χ0) is 17.5. The maximum atomic E-state index is 13.1. The number of halogens is 1. The highest BCUT2D eigenvalue weighted by molar-refractivity contribution is 5.93. The Bertz CT molecular complexity index is 662. The monoisotopic (exact) mass is 335 g/mol. The van der Waals surface area contributed by atoms with Gasteiger partial charge in [-0.1, -0.05) is 19.1 Å². The standard InChI is InChI=1S/C18H22FNO4/c1-4-15(23-3)16-10-13(9-12-5-7-14(19)8-6-12)17(24-16)18(21)20-11-22-2/h5-8,10,15H,4,9,11H2,1-3H3,(H,20,21). The van der Waals surface area contributed by atoms with E-state index in [0.29, 0.717) is 12.2 Å². The molecule has 2 rings (SSSR count). The minimum absolute atomic E-state index is 0.0896. The number of benzene rings is 1. The number of nitrogens with one attached hydrogen (secondary N) is 1.